The summed E-state index contributed by atoms with van der Waals surface area (Å²) >= 11 is 0. The molecule has 6 heteroatoms. The molecule has 0 saturated heterocycles. The number of ether oxygens (including phenoxy) is 1. The van der Waals surface area contributed by atoms with Crippen molar-refractivity contribution >= 4 is 23.6 Å². The molecule has 2 amide bonds. The zero-order chi connectivity index (χ0) is 20.3. The SMILES string of the molecule is CCc1ccc(C(=O)[C@H](C)OC(=O)CN2C(=O)Cc3ccccc3C2=O)cc1. The van der Waals surface area contributed by atoms with E-state index in [2.05, 4.69) is 0 Å². The number of benzene rings is 2. The van der Waals surface area contributed by atoms with Gasteiger partial charge in [0.1, 0.15) is 6.54 Å². The summed E-state index contributed by atoms with van der Waals surface area (Å²) < 4.78 is 5.18. The van der Waals surface area contributed by atoms with E-state index in [-0.39, 0.29) is 12.2 Å². The first kappa shape index (κ1) is 19.5. The molecular formula is C22H21NO5. The molecular weight excluding hydrogens is 358 g/mol. The predicted octanol–water partition coefficient (Wildman–Crippen LogP) is 2.59. The summed E-state index contributed by atoms with van der Waals surface area (Å²) in [6.07, 6.45) is -0.102. The monoisotopic (exact) mass is 379 g/mol. The van der Waals surface area contributed by atoms with E-state index >= 15 is 0 Å². The molecule has 0 saturated carbocycles. The molecule has 0 aromatic heterocycles. The van der Waals surface area contributed by atoms with E-state index in [1.807, 2.05) is 19.1 Å². The maximum absolute atomic E-state index is 12.5. The number of ketones is 1. The van der Waals surface area contributed by atoms with E-state index in [0.29, 0.717) is 16.7 Å². The first-order valence-corrected chi connectivity index (χ1v) is 9.16. The number of Topliss-reactive ketones (excluding diaryl/α,β-unsaturated/α-hetero) is 1. The van der Waals surface area contributed by atoms with Crippen LogP contribution in [-0.2, 0) is 27.2 Å². The highest BCUT2D eigenvalue weighted by Crippen LogP contribution is 2.19. The van der Waals surface area contributed by atoms with Gasteiger partial charge in [-0.1, -0.05) is 49.4 Å². The number of amides is 2. The number of hydrogen-bond donors (Lipinski definition) is 0. The van der Waals surface area contributed by atoms with Gasteiger partial charge in [-0.25, -0.2) is 0 Å². The molecule has 3 rings (SSSR count). The van der Waals surface area contributed by atoms with Crippen molar-refractivity contribution < 1.29 is 23.9 Å². The van der Waals surface area contributed by atoms with Gasteiger partial charge in [-0.05, 0) is 30.5 Å². The van der Waals surface area contributed by atoms with E-state index in [9.17, 15) is 19.2 Å². The Labute approximate surface area is 163 Å². The van der Waals surface area contributed by atoms with Crippen LogP contribution in [0.2, 0.25) is 0 Å². The van der Waals surface area contributed by atoms with Crippen molar-refractivity contribution in [1.82, 2.24) is 4.90 Å². The Kier molecular flexibility index (Phi) is 5.68. The molecule has 0 N–H and O–H groups in total. The third kappa shape index (κ3) is 4.01. The predicted molar refractivity (Wildman–Crippen MR) is 102 cm³/mol. The Balaban J connectivity index is 1.64. The molecule has 1 heterocycles. The second-order valence-corrected chi connectivity index (χ2v) is 6.67. The lowest BCUT2D eigenvalue weighted by Gasteiger charge is -2.26. The molecule has 6 nitrogen and oxygen atoms in total. The number of fused-ring (bicyclic) bond motifs is 1. The topological polar surface area (TPSA) is 80.8 Å². The minimum atomic E-state index is -1.01. The molecule has 1 atom stereocenters. The summed E-state index contributed by atoms with van der Waals surface area (Å²) in [6, 6.07) is 13.9. The second-order valence-electron chi connectivity index (χ2n) is 6.67. The first-order chi connectivity index (χ1) is 13.4. The van der Waals surface area contributed by atoms with Crippen molar-refractivity contribution in [2.45, 2.75) is 32.8 Å². The fourth-order valence-electron chi connectivity index (χ4n) is 3.12. The number of nitrogens with zero attached hydrogens (tertiary/aromatic N) is 1. The zero-order valence-electron chi connectivity index (χ0n) is 15.8. The molecule has 0 fully saturated rings. The molecule has 1 aliphatic heterocycles. The summed E-state index contributed by atoms with van der Waals surface area (Å²) in [7, 11) is 0. The minimum absolute atomic E-state index is 0.0491. The van der Waals surface area contributed by atoms with E-state index < -0.39 is 30.4 Å². The molecule has 0 aliphatic carbocycles. The Morgan fingerprint density at radius 1 is 1.07 bits per heavy atom. The lowest BCUT2D eigenvalue weighted by atomic mass is 9.98. The van der Waals surface area contributed by atoms with Crippen LogP contribution in [0, 0.1) is 0 Å². The van der Waals surface area contributed by atoms with E-state index in [1.165, 1.54) is 6.92 Å². The summed E-state index contributed by atoms with van der Waals surface area (Å²) in [4.78, 5) is 50.3. The largest absolute Gasteiger partial charge is 0.453 e. The molecule has 2 aromatic carbocycles. The Morgan fingerprint density at radius 3 is 2.43 bits per heavy atom. The highest BCUT2D eigenvalue weighted by molar-refractivity contribution is 6.11. The smallest absolute Gasteiger partial charge is 0.326 e. The number of esters is 1. The Morgan fingerprint density at radius 2 is 1.75 bits per heavy atom. The van der Waals surface area contributed by atoms with Gasteiger partial charge < -0.3 is 4.74 Å². The number of carbonyl (C=O) groups is 4. The average Bonchev–Trinajstić information content (AvgIpc) is 2.70. The van der Waals surface area contributed by atoms with E-state index in [4.69, 9.17) is 4.74 Å². The molecule has 0 unspecified atom stereocenters. The van der Waals surface area contributed by atoms with Crippen molar-refractivity contribution in [1.29, 1.82) is 0 Å². The molecule has 28 heavy (non-hydrogen) atoms. The van der Waals surface area contributed by atoms with Gasteiger partial charge in [0.2, 0.25) is 11.7 Å². The maximum atomic E-state index is 12.5. The van der Waals surface area contributed by atoms with Gasteiger partial charge in [-0.3, -0.25) is 24.1 Å². The summed E-state index contributed by atoms with van der Waals surface area (Å²) in [6.45, 7) is 2.98. The molecule has 0 spiro atoms. The number of hydrogen-bond acceptors (Lipinski definition) is 5. The van der Waals surface area contributed by atoms with Crippen LogP contribution in [0.1, 0.15) is 45.7 Å². The van der Waals surface area contributed by atoms with Crippen molar-refractivity contribution in [2.24, 2.45) is 0 Å². The first-order valence-electron chi connectivity index (χ1n) is 9.16. The fraction of sp³-hybridized carbons (Fsp3) is 0.273. The van der Waals surface area contributed by atoms with Gasteiger partial charge >= 0.3 is 5.97 Å². The average molecular weight is 379 g/mol. The fourth-order valence-corrected chi connectivity index (χ4v) is 3.12. The van der Waals surface area contributed by atoms with Crippen molar-refractivity contribution in [3.05, 3.63) is 70.8 Å². The van der Waals surface area contributed by atoms with Gasteiger partial charge in [0.25, 0.3) is 5.91 Å². The number of imide groups is 1. The molecule has 1 aliphatic rings. The maximum Gasteiger partial charge on any atom is 0.326 e. The van der Waals surface area contributed by atoms with Crippen LogP contribution in [0.5, 0.6) is 0 Å². The van der Waals surface area contributed by atoms with Crippen LogP contribution < -0.4 is 0 Å². The lowest BCUT2D eigenvalue weighted by Crippen LogP contribution is -2.46. The van der Waals surface area contributed by atoms with Crippen molar-refractivity contribution in [3.63, 3.8) is 0 Å². The summed E-state index contributed by atoms with van der Waals surface area (Å²) in [5.41, 5.74) is 2.58. The van der Waals surface area contributed by atoms with Gasteiger partial charge in [-0.15, -0.1) is 0 Å². The Hall–Kier alpha value is -3.28. The zero-order valence-corrected chi connectivity index (χ0v) is 15.8. The number of aryl methyl sites for hydroxylation is 1. The van der Waals surface area contributed by atoms with Crippen LogP contribution >= 0.6 is 0 Å². The molecule has 144 valence electrons. The van der Waals surface area contributed by atoms with Crippen LogP contribution in [-0.4, -0.2) is 41.1 Å². The van der Waals surface area contributed by atoms with Gasteiger partial charge in [0.05, 0.1) is 6.42 Å². The van der Waals surface area contributed by atoms with Crippen LogP contribution in [0.3, 0.4) is 0 Å². The van der Waals surface area contributed by atoms with Crippen LogP contribution in [0.4, 0.5) is 0 Å². The molecule has 0 bridgehead atoms. The number of rotatable bonds is 6. The third-order valence-electron chi connectivity index (χ3n) is 4.75. The van der Waals surface area contributed by atoms with Crippen LogP contribution in [0.15, 0.2) is 48.5 Å². The van der Waals surface area contributed by atoms with Gasteiger partial charge in [0, 0.05) is 11.1 Å². The summed E-state index contributed by atoms with van der Waals surface area (Å²) in [5, 5.41) is 0. The third-order valence-corrected chi connectivity index (χ3v) is 4.75. The highest BCUT2D eigenvalue weighted by Gasteiger charge is 2.33. The number of carbonyl (C=O) groups excluding carboxylic acids is 4. The van der Waals surface area contributed by atoms with E-state index in [1.54, 1.807) is 36.4 Å². The lowest BCUT2D eigenvalue weighted by molar-refractivity contribution is -0.150. The Bertz CT molecular complexity index is 932. The standard InChI is InChI=1S/C22H21NO5/c1-3-15-8-10-16(11-9-15)21(26)14(2)28-20(25)13-23-19(24)12-17-6-4-5-7-18(17)22(23)27/h4-11,14H,3,12-13H2,1-2H3/t14-/m0/s1. The normalized spacial score (nSPS) is 14.4. The van der Waals surface area contributed by atoms with Crippen LogP contribution in [0.25, 0.3) is 0 Å². The summed E-state index contributed by atoms with van der Waals surface area (Å²) in [5.74, 6) is -2.13. The van der Waals surface area contributed by atoms with Crippen molar-refractivity contribution in [3.8, 4) is 0 Å². The quantitative estimate of drug-likeness (QED) is 0.438. The molecule has 2 aromatic rings. The van der Waals surface area contributed by atoms with Crippen molar-refractivity contribution in [2.75, 3.05) is 6.54 Å². The van der Waals surface area contributed by atoms with E-state index in [0.717, 1.165) is 16.9 Å². The second kappa shape index (κ2) is 8.17. The van der Waals surface area contributed by atoms with Gasteiger partial charge in [-0.2, -0.15) is 0 Å². The highest BCUT2D eigenvalue weighted by atomic mass is 16.5. The van der Waals surface area contributed by atoms with Gasteiger partial charge in [0.15, 0.2) is 6.10 Å². The molecule has 0 radical (unpaired) electrons. The minimum Gasteiger partial charge on any atom is -0.453 e.